The molecule has 0 unspecified atom stereocenters. The van der Waals surface area contributed by atoms with E-state index in [1.165, 1.54) is 12.1 Å². The Hall–Kier alpha value is -2.91. The Kier molecular flexibility index (Phi) is 5.48. The number of furan rings is 1. The Morgan fingerprint density at radius 3 is 2.70 bits per heavy atom. The number of rotatable bonds is 5. The standard InChI is InChI=1S/C20H12Cl2N2O5S/c21-13-6-4-10(16-7-5-11(9-25)29-16)8-14(13)23-20(26)19-17(22)12-2-1-3-15(24(27)28)18(12)30-19/h1-8,25H,9H2,(H,23,26). The van der Waals surface area contributed by atoms with Gasteiger partial charge in [0.1, 0.15) is 27.7 Å². The molecule has 4 rings (SSSR count). The fraction of sp³-hybridized carbons (Fsp3) is 0.0500. The molecular weight excluding hydrogens is 451 g/mol. The number of halogens is 2. The van der Waals surface area contributed by atoms with Crippen molar-refractivity contribution >= 4 is 61.9 Å². The van der Waals surface area contributed by atoms with Crippen molar-refractivity contribution in [2.45, 2.75) is 6.61 Å². The first kappa shape index (κ1) is 20.4. The van der Waals surface area contributed by atoms with Crippen LogP contribution in [0.1, 0.15) is 15.4 Å². The molecule has 0 aliphatic rings. The van der Waals surface area contributed by atoms with Gasteiger partial charge < -0.3 is 14.8 Å². The molecule has 10 heteroatoms. The molecule has 7 nitrogen and oxygen atoms in total. The van der Waals surface area contributed by atoms with Crippen molar-refractivity contribution in [3.05, 3.63) is 79.3 Å². The molecule has 0 spiro atoms. The van der Waals surface area contributed by atoms with Crippen LogP contribution < -0.4 is 5.32 Å². The van der Waals surface area contributed by atoms with Crippen LogP contribution in [0.3, 0.4) is 0 Å². The molecule has 4 aromatic rings. The Bertz CT molecular complexity index is 1300. The normalized spacial score (nSPS) is 11.0. The number of fused-ring (bicyclic) bond motifs is 1. The second-order valence-electron chi connectivity index (χ2n) is 6.23. The molecule has 30 heavy (non-hydrogen) atoms. The van der Waals surface area contributed by atoms with Gasteiger partial charge in [-0.1, -0.05) is 35.3 Å². The predicted octanol–water partition coefficient (Wildman–Crippen LogP) is 6.12. The van der Waals surface area contributed by atoms with Crippen LogP contribution in [0.5, 0.6) is 0 Å². The summed E-state index contributed by atoms with van der Waals surface area (Å²) in [6, 6.07) is 12.8. The lowest BCUT2D eigenvalue weighted by Gasteiger charge is -2.08. The minimum Gasteiger partial charge on any atom is -0.459 e. The number of thiophene rings is 1. The third-order valence-corrected chi connectivity index (χ3v) is 6.41. The second kappa shape index (κ2) is 8.08. The number of hydrogen-bond donors (Lipinski definition) is 2. The number of anilines is 1. The number of non-ortho nitro benzene ring substituents is 1. The van der Waals surface area contributed by atoms with E-state index in [4.69, 9.17) is 32.7 Å². The number of aliphatic hydroxyl groups is 1. The van der Waals surface area contributed by atoms with Crippen LogP contribution in [0.15, 0.2) is 52.9 Å². The largest absolute Gasteiger partial charge is 0.459 e. The van der Waals surface area contributed by atoms with Crippen molar-refractivity contribution in [1.82, 2.24) is 0 Å². The van der Waals surface area contributed by atoms with Crippen molar-refractivity contribution in [2.24, 2.45) is 0 Å². The number of benzene rings is 2. The van der Waals surface area contributed by atoms with E-state index in [1.54, 1.807) is 36.4 Å². The maximum absolute atomic E-state index is 12.9. The smallest absolute Gasteiger partial charge is 0.287 e. The summed E-state index contributed by atoms with van der Waals surface area (Å²) in [6.07, 6.45) is 0. The molecule has 0 aliphatic heterocycles. The van der Waals surface area contributed by atoms with Gasteiger partial charge in [-0.05, 0) is 30.3 Å². The molecule has 0 bridgehead atoms. The zero-order valence-electron chi connectivity index (χ0n) is 15.0. The molecule has 0 radical (unpaired) electrons. The number of hydrogen-bond acceptors (Lipinski definition) is 6. The van der Waals surface area contributed by atoms with Crippen LogP contribution in [0, 0.1) is 10.1 Å². The molecule has 2 aromatic heterocycles. The number of nitro groups is 1. The minimum atomic E-state index is -0.537. The van der Waals surface area contributed by atoms with Gasteiger partial charge in [-0.2, -0.15) is 0 Å². The summed E-state index contributed by atoms with van der Waals surface area (Å²) in [5.41, 5.74) is 0.854. The highest BCUT2D eigenvalue weighted by Gasteiger charge is 2.23. The van der Waals surface area contributed by atoms with E-state index in [1.807, 2.05) is 0 Å². The highest BCUT2D eigenvalue weighted by molar-refractivity contribution is 7.22. The van der Waals surface area contributed by atoms with Crippen molar-refractivity contribution in [3.63, 3.8) is 0 Å². The Balaban J connectivity index is 1.69. The Labute approximate surface area is 183 Å². The fourth-order valence-corrected chi connectivity index (χ4v) is 4.59. The molecular formula is C20H12Cl2N2O5S. The quantitative estimate of drug-likeness (QED) is 0.274. The van der Waals surface area contributed by atoms with Gasteiger partial charge >= 0.3 is 0 Å². The summed E-state index contributed by atoms with van der Waals surface area (Å²) in [4.78, 5) is 23.8. The van der Waals surface area contributed by atoms with E-state index in [2.05, 4.69) is 5.32 Å². The molecule has 2 heterocycles. The average Bonchev–Trinajstić information content (AvgIpc) is 3.34. The molecule has 1 amide bonds. The van der Waals surface area contributed by atoms with Crippen molar-refractivity contribution in [1.29, 1.82) is 0 Å². The molecule has 0 aliphatic carbocycles. The van der Waals surface area contributed by atoms with E-state index in [-0.39, 0.29) is 22.2 Å². The van der Waals surface area contributed by atoms with Crippen LogP contribution in [-0.4, -0.2) is 15.9 Å². The number of carbonyl (C=O) groups excluding carboxylic acids is 1. The molecule has 0 saturated carbocycles. The number of nitrogens with zero attached hydrogens (tertiary/aromatic N) is 1. The molecule has 0 fully saturated rings. The summed E-state index contributed by atoms with van der Waals surface area (Å²) in [5, 5.41) is 24.0. The van der Waals surface area contributed by atoms with Gasteiger partial charge in [0, 0.05) is 17.0 Å². The average molecular weight is 463 g/mol. The first-order valence-electron chi connectivity index (χ1n) is 8.55. The molecule has 0 saturated heterocycles. The van der Waals surface area contributed by atoms with Crippen molar-refractivity contribution < 1.29 is 19.2 Å². The Morgan fingerprint density at radius 1 is 1.20 bits per heavy atom. The first-order valence-corrected chi connectivity index (χ1v) is 10.1. The zero-order valence-corrected chi connectivity index (χ0v) is 17.3. The number of carbonyl (C=O) groups is 1. The van der Waals surface area contributed by atoms with Crippen LogP contribution in [0.25, 0.3) is 21.4 Å². The van der Waals surface area contributed by atoms with E-state index in [0.717, 1.165) is 11.3 Å². The number of amides is 1. The first-order chi connectivity index (χ1) is 14.4. The van der Waals surface area contributed by atoms with Gasteiger partial charge in [-0.15, -0.1) is 11.3 Å². The summed E-state index contributed by atoms with van der Waals surface area (Å²) in [5.74, 6) is 0.371. The number of aliphatic hydroxyl groups excluding tert-OH is 1. The zero-order chi connectivity index (χ0) is 21.4. The summed E-state index contributed by atoms with van der Waals surface area (Å²) < 4.78 is 5.83. The molecule has 0 atom stereocenters. The minimum absolute atomic E-state index is 0.115. The van der Waals surface area contributed by atoms with E-state index in [0.29, 0.717) is 37.9 Å². The van der Waals surface area contributed by atoms with E-state index >= 15 is 0 Å². The fourth-order valence-electron chi connectivity index (χ4n) is 2.94. The Morgan fingerprint density at radius 2 is 2.00 bits per heavy atom. The highest BCUT2D eigenvalue weighted by atomic mass is 35.5. The summed E-state index contributed by atoms with van der Waals surface area (Å²) in [7, 11) is 0. The maximum atomic E-state index is 12.9. The lowest BCUT2D eigenvalue weighted by molar-refractivity contribution is -0.382. The summed E-state index contributed by atoms with van der Waals surface area (Å²) in [6.45, 7) is -0.228. The topological polar surface area (TPSA) is 106 Å². The monoisotopic (exact) mass is 462 g/mol. The van der Waals surface area contributed by atoms with Crippen LogP contribution in [0.4, 0.5) is 11.4 Å². The van der Waals surface area contributed by atoms with Crippen LogP contribution in [-0.2, 0) is 6.61 Å². The molecule has 152 valence electrons. The number of nitro benzene ring substituents is 1. The van der Waals surface area contributed by atoms with Gasteiger partial charge in [0.05, 0.1) is 20.7 Å². The SMILES string of the molecule is O=C(Nc1cc(-c2ccc(CO)o2)ccc1Cl)c1sc2c([N+](=O)[O-])cccc2c1Cl. The third kappa shape index (κ3) is 3.66. The van der Waals surface area contributed by atoms with E-state index in [9.17, 15) is 14.9 Å². The molecule has 2 N–H and O–H groups in total. The predicted molar refractivity (Wildman–Crippen MR) is 117 cm³/mol. The van der Waals surface area contributed by atoms with Crippen molar-refractivity contribution in [3.8, 4) is 11.3 Å². The lowest BCUT2D eigenvalue weighted by Crippen LogP contribution is -2.11. The second-order valence-corrected chi connectivity index (χ2v) is 8.03. The van der Waals surface area contributed by atoms with Gasteiger partial charge in [0.25, 0.3) is 11.6 Å². The summed E-state index contributed by atoms with van der Waals surface area (Å²) >= 11 is 13.5. The van der Waals surface area contributed by atoms with Crippen LogP contribution in [0.2, 0.25) is 10.0 Å². The molecule has 2 aromatic carbocycles. The van der Waals surface area contributed by atoms with Gasteiger partial charge in [-0.3, -0.25) is 14.9 Å². The maximum Gasteiger partial charge on any atom is 0.287 e. The van der Waals surface area contributed by atoms with Gasteiger partial charge in [0.2, 0.25) is 0 Å². The van der Waals surface area contributed by atoms with Crippen molar-refractivity contribution in [2.75, 3.05) is 5.32 Å². The van der Waals surface area contributed by atoms with E-state index < -0.39 is 10.8 Å². The third-order valence-electron chi connectivity index (χ3n) is 4.35. The van der Waals surface area contributed by atoms with Gasteiger partial charge in [0.15, 0.2) is 0 Å². The highest BCUT2D eigenvalue weighted by Crippen LogP contribution is 2.41. The lowest BCUT2D eigenvalue weighted by atomic mass is 10.1. The number of nitrogens with one attached hydrogen (secondary N) is 1. The van der Waals surface area contributed by atoms with Crippen LogP contribution >= 0.6 is 34.5 Å². The van der Waals surface area contributed by atoms with Gasteiger partial charge in [-0.25, -0.2) is 0 Å².